The van der Waals surface area contributed by atoms with E-state index in [0.29, 0.717) is 6.54 Å². The lowest BCUT2D eigenvalue weighted by atomic mass is 9.79. The number of ether oxygens (including phenoxy) is 2. The molecule has 1 aromatic rings. The van der Waals surface area contributed by atoms with Crippen LogP contribution >= 0.6 is 12.4 Å². The molecular weight excluding hydrogens is 364 g/mol. The Morgan fingerprint density at radius 2 is 1.89 bits per heavy atom. The number of benzene rings is 1. The molecule has 0 radical (unpaired) electrons. The van der Waals surface area contributed by atoms with Gasteiger partial charge in [-0.3, -0.25) is 9.69 Å². The summed E-state index contributed by atoms with van der Waals surface area (Å²) in [5, 5.41) is 3.15. The van der Waals surface area contributed by atoms with Gasteiger partial charge >= 0.3 is 0 Å². The lowest BCUT2D eigenvalue weighted by molar-refractivity contribution is -0.124. The minimum Gasteiger partial charge on any atom is -0.483 e. The van der Waals surface area contributed by atoms with E-state index in [0.717, 1.165) is 50.5 Å². The van der Waals surface area contributed by atoms with Crippen molar-refractivity contribution in [1.29, 1.82) is 0 Å². The van der Waals surface area contributed by atoms with Crippen molar-refractivity contribution in [2.45, 2.75) is 51.5 Å². The first kappa shape index (κ1) is 22.0. The molecule has 5 nitrogen and oxygen atoms in total. The number of nitrogens with zero attached hydrogens (tertiary/aromatic N) is 1. The van der Waals surface area contributed by atoms with Gasteiger partial charge in [-0.05, 0) is 43.9 Å². The number of aryl methyl sites for hydroxylation is 1. The lowest BCUT2D eigenvalue weighted by Gasteiger charge is -2.48. The van der Waals surface area contributed by atoms with Crippen LogP contribution in [0.25, 0.3) is 0 Å². The SMILES string of the molecule is Cc1cccc(OCC(=O)NCC2(N3CCOCC3)CCCCC2)c1C.Cl. The van der Waals surface area contributed by atoms with Crippen molar-refractivity contribution in [2.75, 3.05) is 39.5 Å². The molecule has 1 amide bonds. The predicted octanol–water partition coefficient (Wildman–Crippen LogP) is 3.26. The van der Waals surface area contributed by atoms with Crippen molar-refractivity contribution >= 4 is 18.3 Å². The van der Waals surface area contributed by atoms with Crippen LogP contribution in [-0.2, 0) is 9.53 Å². The summed E-state index contributed by atoms with van der Waals surface area (Å²) in [5.74, 6) is 0.754. The highest BCUT2D eigenvalue weighted by molar-refractivity contribution is 5.85. The third-order valence-corrected chi connectivity index (χ3v) is 5.99. The topological polar surface area (TPSA) is 50.8 Å². The third-order valence-electron chi connectivity index (χ3n) is 5.99. The van der Waals surface area contributed by atoms with Crippen molar-refractivity contribution in [3.63, 3.8) is 0 Å². The summed E-state index contributed by atoms with van der Waals surface area (Å²) in [6.45, 7) is 8.39. The zero-order chi connectivity index (χ0) is 18.4. The number of rotatable bonds is 6. The van der Waals surface area contributed by atoms with Gasteiger partial charge in [0.25, 0.3) is 5.91 Å². The maximum atomic E-state index is 12.4. The Morgan fingerprint density at radius 1 is 1.19 bits per heavy atom. The molecule has 2 aliphatic rings. The molecule has 1 saturated carbocycles. The number of hydrogen-bond donors (Lipinski definition) is 1. The minimum absolute atomic E-state index is 0. The van der Waals surface area contributed by atoms with Gasteiger partial charge in [-0.1, -0.05) is 31.4 Å². The summed E-state index contributed by atoms with van der Waals surface area (Å²) in [4.78, 5) is 14.9. The van der Waals surface area contributed by atoms with E-state index in [4.69, 9.17) is 9.47 Å². The van der Waals surface area contributed by atoms with Gasteiger partial charge in [-0.15, -0.1) is 12.4 Å². The van der Waals surface area contributed by atoms with Crippen LogP contribution in [-0.4, -0.2) is 55.8 Å². The van der Waals surface area contributed by atoms with Crippen LogP contribution in [0.3, 0.4) is 0 Å². The summed E-state index contributed by atoms with van der Waals surface area (Å²) in [7, 11) is 0. The molecule has 1 heterocycles. The van der Waals surface area contributed by atoms with Gasteiger partial charge < -0.3 is 14.8 Å². The van der Waals surface area contributed by atoms with Gasteiger partial charge in [0.2, 0.25) is 0 Å². The molecule has 6 heteroatoms. The van der Waals surface area contributed by atoms with Crippen LogP contribution in [0, 0.1) is 13.8 Å². The average Bonchev–Trinajstić information content (AvgIpc) is 2.69. The van der Waals surface area contributed by atoms with Crippen molar-refractivity contribution in [3.05, 3.63) is 29.3 Å². The number of morpholine rings is 1. The summed E-state index contributed by atoms with van der Waals surface area (Å²) in [6, 6.07) is 5.94. The van der Waals surface area contributed by atoms with E-state index in [9.17, 15) is 4.79 Å². The van der Waals surface area contributed by atoms with Gasteiger partial charge in [0.05, 0.1) is 13.2 Å². The predicted molar refractivity (Wildman–Crippen MR) is 110 cm³/mol. The second kappa shape index (κ2) is 10.3. The maximum Gasteiger partial charge on any atom is 0.258 e. The molecule has 1 aliphatic carbocycles. The summed E-state index contributed by atoms with van der Waals surface area (Å²) < 4.78 is 11.3. The lowest BCUT2D eigenvalue weighted by Crippen LogP contribution is -2.60. The maximum absolute atomic E-state index is 12.4. The number of carbonyl (C=O) groups excluding carboxylic acids is 1. The van der Waals surface area contributed by atoms with E-state index in [2.05, 4.69) is 23.2 Å². The van der Waals surface area contributed by atoms with Crippen molar-refractivity contribution in [2.24, 2.45) is 0 Å². The molecule has 1 saturated heterocycles. The zero-order valence-electron chi connectivity index (χ0n) is 16.6. The molecule has 152 valence electrons. The van der Waals surface area contributed by atoms with E-state index >= 15 is 0 Å². The fraction of sp³-hybridized carbons (Fsp3) is 0.667. The first-order valence-electron chi connectivity index (χ1n) is 9.89. The first-order chi connectivity index (χ1) is 12.6. The number of hydrogen-bond acceptors (Lipinski definition) is 4. The van der Waals surface area contributed by atoms with Crippen LogP contribution in [0.1, 0.15) is 43.2 Å². The van der Waals surface area contributed by atoms with Crippen LogP contribution in [0.5, 0.6) is 5.75 Å². The summed E-state index contributed by atoms with van der Waals surface area (Å²) in [5.41, 5.74) is 2.37. The molecule has 1 aromatic carbocycles. The smallest absolute Gasteiger partial charge is 0.258 e. The van der Waals surface area contributed by atoms with Crippen LogP contribution < -0.4 is 10.1 Å². The quantitative estimate of drug-likeness (QED) is 0.801. The van der Waals surface area contributed by atoms with E-state index in [1.807, 2.05) is 19.1 Å². The Labute approximate surface area is 169 Å². The molecule has 0 atom stereocenters. The molecule has 0 unspecified atom stereocenters. The second-order valence-electron chi connectivity index (χ2n) is 7.65. The number of nitrogens with one attached hydrogen (secondary N) is 1. The fourth-order valence-corrected chi connectivity index (χ4v) is 4.19. The van der Waals surface area contributed by atoms with Crippen molar-refractivity contribution in [3.8, 4) is 5.75 Å². The summed E-state index contributed by atoms with van der Waals surface area (Å²) in [6.07, 6.45) is 6.10. The first-order valence-corrected chi connectivity index (χ1v) is 9.89. The normalized spacial score (nSPS) is 19.8. The highest BCUT2D eigenvalue weighted by Gasteiger charge is 2.38. The number of carbonyl (C=O) groups is 1. The Hall–Kier alpha value is -1.30. The third kappa shape index (κ3) is 5.59. The van der Waals surface area contributed by atoms with Gasteiger partial charge in [0.1, 0.15) is 5.75 Å². The van der Waals surface area contributed by atoms with E-state index in [1.54, 1.807) is 0 Å². The monoisotopic (exact) mass is 396 g/mol. The largest absolute Gasteiger partial charge is 0.483 e. The molecular formula is C21H33ClN2O3. The molecule has 0 spiro atoms. The summed E-state index contributed by atoms with van der Waals surface area (Å²) >= 11 is 0. The number of amides is 1. The Balaban J connectivity index is 0.00000261. The average molecular weight is 397 g/mol. The molecule has 2 fully saturated rings. The molecule has 3 rings (SSSR count). The van der Waals surface area contributed by atoms with E-state index in [1.165, 1.54) is 24.8 Å². The van der Waals surface area contributed by atoms with Crippen LogP contribution in [0.4, 0.5) is 0 Å². The van der Waals surface area contributed by atoms with Crippen LogP contribution in [0.2, 0.25) is 0 Å². The highest BCUT2D eigenvalue weighted by atomic mass is 35.5. The Morgan fingerprint density at radius 3 is 2.59 bits per heavy atom. The molecule has 1 N–H and O–H groups in total. The minimum atomic E-state index is -0.0379. The van der Waals surface area contributed by atoms with Gasteiger partial charge in [-0.2, -0.15) is 0 Å². The Bertz CT molecular complexity index is 611. The molecule has 0 aromatic heterocycles. The fourth-order valence-electron chi connectivity index (χ4n) is 4.19. The molecule has 27 heavy (non-hydrogen) atoms. The van der Waals surface area contributed by atoms with E-state index in [-0.39, 0.29) is 30.5 Å². The second-order valence-corrected chi connectivity index (χ2v) is 7.65. The Kier molecular flexibility index (Phi) is 8.39. The van der Waals surface area contributed by atoms with Crippen LogP contribution in [0.15, 0.2) is 18.2 Å². The van der Waals surface area contributed by atoms with E-state index < -0.39 is 0 Å². The van der Waals surface area contributed by atoms with Crippen molar-refractivity contribution < 1.29 is 14.3 Å². The van der Waals surface area contributed by atoms with Gasteiger partial charge in [-0.25, -0.2) is 0 Å². The standard InChI is InChI=1S/C21H32N2O3.ClH/c1-17-7-6-8-19(18(17)2)26-15-20(24)22-16-21(9-4-3-5-10-21)23-11-13-25-14-12-23;/h6-8H,3-5,9-16H2,1-2H3,(H,22,24);1H. The van der Waals surface area contributed by atoms with Gasteiger partial charge in [0, 0.05) is 25.2 Å². The number of halogens is 1. The molecule has 1 aliphatic heterocycles. The zero-order valence-corrected chi connectivity index (χ0v) is 17.4. The van der Waals surface area contributed by atoms with Crippen molar-refractivity contribution in [1.82, 2.24) is 10.2 Å². The molecule has 0 bridgehead atoms. The highest BCUT2D eigenvalue weighted by Crippen LogP contribution is 2.33. The van der Waals surface area contributed by atoms with Gasteiger partial charge in [0.15, 0.2) is 6.61 Å².